The molecule has 0 amide bonds. The van der Waals surface area contributed by atoms with Crippen LogP contribution in [0.2, 0.25) is 0 Å². The predicted octanol–water partition coefficient (Wildman–Crippen LogP) is 17.4. The summed E-state index contributed by atoms with van der Waals surface area (Å²) >= 11 is 1.90. The first-order chi connectivity index (χ1) is 31.5. The van der Waals surface area contributed by atoms with Crippen LogP contribution in [-0.4, -0.2) is 4.57 Å². The lowest BCUT2D eigenvalue weighted by atomic mass is 9.82. The summed E-state index contributed by atoms with van der Waals surface area (Å²) in [4.78, 5) is 2.42. The Morgan fingerprint density at radius 1 is 0.391 bits per heavy atom. The second-order valence-electron chi connectivity index (χ2n) is 17.7. The van der Waals surface area contributed by atoms with Crippen molar-refractivity contribution < 1.29 is 0 Å². The number of fused-ring (bicyclic) bond motifs is 11. The van der Waals surface area contributed by atoms with Gasteiger partial charge in [0.25, 0.3) is 0 Å². The van der Waals surface area contributed by atoms with Gasteiger partial charge >= 0.3 is 0 Å². The summed E-state index contributed by atoms with van der Waals surface area (Å²) in [6.07, 6.45) is 0. The summed E-state index contributed by atoms with van der Waals surface area (Å²) in [5.74, 6) is 0. The van der Waals surface area contributed by atoms with Crippen LogP contribution in [0, 0.1) is 0 Å². The molecule has 0 fully saturated rings. The number of hydrogen-bond donors (Lipinski definition) is 0. The number of anilines is 3. The van der Waals surface area contributed by atoms with E-state index >= 15 is 0 Å². The maximum atomic E-state index is 2.42. The Balaban J connectivity index is 0.915. The SMILES string of the molecule is CC1(C)c2ccccc2-c2ccc(N(c3ccc(-c4ccc5c(c4)sc4c6ccccc6ccc54)cc3)c3ccc(-c4ccccc4-n4c5ccccc5c5ccccc54)cc3)cc21. The first-order valence-electron chi connectivity index (χ1n) is 22.2. The minimum absolute atomic E-state index is 0.116. The minimum atomic E-state index is -0.116. The number of benzene rings is 10. The van der Waals surface area contributed by atoms with Crippen molar-refractivity contribution in [1.29, 1.82) is 0 Å². The second kappa shape index (κ2) is 14.2. The van der Waals surface area contributed by atoms with Gasteiger partial charge in [0, 0.05) is 59.0 Å². The zero-order valence-corrected chi connectivity index (χ0v) is 36.4. The summed E-state index contributed by atoms with van der Waals surface area (Å²) < 4.78 is 5.10. The van der Waals surface area contributed by atoms with Gasteiger partial charge in [-0.2, -0.15) is 0 Å². The smallest absolute Gasteiger partial charge is 0.0541 e. The van der Waals surface area contributed by atoms with Gasteiger partial charge in [0.15, 0.2) is 0 Å². The number of thiophene rings is 1. The van der Waals surface area contributed by atoms with E-state index in [-0.39, 0.29) is 5.41 Å². The molecule has 2 heterocycles. The summed E-state index contributed by atoms with van der Waals surface area (Å²) in [6, 6.07) is 80.8. The molecule has 3 heteroatoms. The third-order valence-corrected chi connectivity index (χ3v) is 15.0. The van der Waals surface area contributed by atoms with Crippen molar-refractivity contribution in [3.63, 3.8) is 0 Å². The molecule has 10 aromatic carbocycles. The van der Waals surface area contributed by atoms with Gasteiger partial charge in [-0.1, -0.05) is 172 Å². The monoisotopic (exact) mass is 834 g/mol. The first kappa shape index (κ1) is 36.9. The Morgan fingerprint density at radius 3 is 1.70 bits per heavy atom. The van der Waals surface area contributed by atoms with Gasteiger partial charge < -0.3 is 9.47 Å². The maximum absolute atomic E-state index is 2.42. The van der Waals surface area contributed by atoms with Crippen molar-refractivity contribution >= 4 is 81.1 Å². The lowest BCUT2D eigenvalue weighted by Gasteiger charge is -2.28. The number of aromatic nitrogens is 1. The van der Waals surface area contributed by atoms with Gasteiger partial charge in [-0.05, 0) is 110 Å². The highest BCUT2D eigenvalue weighted by molar-refractivity contribution is 7.26. The second-order valence-corrected chi connectivity index (χ2v) is 18.7. The molecule has 302 valence electrons. The molecule has 0 saturated heterocycles. The molecule has 2 nitrogen and oxygen atoms in total. The molecule has 1 aliphatic carbocycles. The van der Waals surface area contributed by atoms with Crippen molar-refractivity contribution in [2.24, 2.45) is 0 Å². The largest absolute Gasteiger partial charge is 0.310 e. The minimum Gasteiger partial charge on any atom is -0.310 e. The van der Waals surface area contributed by atoms with E-state index in [2.05, 4.69) is 242 Å². The van der Waals surface area contributed by atoms with E-state index in [1.807, 2.05) is 11.3 Å². The molecule has 0 N–H and O–H groups in total. The van der Waals surface area contributed by atoms with Crippen LogP contribution in [0.4, 0.5) is 17.1 Å². The average Bonchev–Trinajstić information content (AvgIpc) is 3.97. The zero-order chi connectivity index (χ0) is 42.5. The van der Waals surface area contributed by atoms with Crippen molar-refractivity contribution in [2.45, 2.75) is 19.3 Å². The van der Waals surface area contributed by atoms with Crippen molar-refractivity contribution in [2.75, 3.05) is 4.90 Å². The summed E-state index contributed by atoms with van der Waals surface area (Å²) in [5.41, 5.74) is 17.0. The standard InChI is InChI=1S/C61H42N2S/c1-61(2)54-19-9-5-16-48(54)49-36-33-45(38-55(49)61)62(43-29-23-39(24-30-43)42-28-34-52-53-35-27-40-13-3-4-15-47(40)60(53)64-59(52)37-42)44-31-25-41(26-32-44)46-14-6-10-20-56(46)63-57-21-11-7-17-50(57)51-18-8-12-22-58(51)63/h3-38H,1-2H3. The van der Waals surface area contributed by atoms with Gasteiger partial charge in [0.1, 0.15) is 0 Å². The molecule has 0 spiro atoms. The number of hydrogen-bond acceptors (Lipinski definition) is 2. The maximum Gasteiger partial charge on any atom is 0.0541 e. The van der Waals surface area contributed by atoms with Crippen LogP contribution < -0.4 is 4.90 Å². The highest BCUT2D eigenvalue weighted by Crippen LogP contribution is 2.51. The molecule has 2 aromatic heterocycles. The highest BCUT2D eigenvalue weighted by Gasteiger charge is 2.35. The molecule has 0 bridgehead atoms. The van der Waals surface area contributed by atoms with E-state index in [0.29, 0.717) is 0 Å². The normalized spacial score (nSPS) is 13.0. The van der Waals surface area contributed by atoms with Crippen molar-refractivity contribution in [1.82, 2.24) is 4.57 Å². The van der Waals surface area contributed by atoms with E-state index in [0.717, 1.165) is 17.1 Å². The third kappa shape index (κ3) is 5.57. The lowest BCUT2D eigenvalue weighted by Crippen LogP contribution is -2.16. The summed E-state index contributed by atoms with van der Waals surface area (Å²) in [7, 11) is 0. The number of rotatable bonds is 6. The van der Waals surface area contributed by atoms with Crippen LogP contribution in [0.25, 0.3) is 91.8 Å². The van der Waals surface area contributed by atoms with E-state index < -0.39 is 0 Å². The number of para-hydroxylation sites is 3. The van der Waals surface area contributed by atoms with Crippen LogP contribution in [-0.2, 0) is 5.41 Å². The Labute approximate surface area is 376 Å². The topological polar surface area (TPSA) is 8.17 Å². The van der Waals surface area contributed by atoms with Crippen LogP contribution in [0.1, 0.15) is 25.0 Å². The van der Waals surface area contributed by atoms with Gasteiger partial charge in [0.05, 0.1) is 16.7 Å². The highest BCUT2D eigenvalue weighted by atomic mass is 32.1. The first-order valence-corrected chi connectivity index (χ1v) is 23.0. The Morgan fingerprint density at radius 2 is 0.953 bits per heavy atom. The van der Waals surface area contributed by atoms with E-state index in [1.165, 1.54) is 103 Å². The molecular weight excluding hydrogens is 793 g/mol. The lowest BCUT2D eigenvalue weighted by molar-refractivity contribution is 0.660. The van der Waals surface area contributed by atoms with Crippen molar-refractivity contribution in [3.05, 3.63) is 230 Å². The zero-order valence-electron chi connectivity index (χ0n) is 35.6. The van der Waals surface area contributed by atoms with Crippen molar-refractivity contribution in [3.8, 4) is 39.1 Å². The Kier molecular flexibility index (Phi) is 8.16. The average molecular weight is 835 g/mol. The predicted molar refractivity (Wildman–Crippen MR) is 274 cm³/mol. The quantitative estimate of drug-likeness (QED) is 0.162. The van der Waals surface area contributed by atoms with Gasteiger partial charge in [-0.3, -0.25) is 0 Å². The fraction of sp³-hybridized carbons (Fsp3) is 0.0492. The molecule has 12 aromatic rings. The molecule has 13 rings (SSSR count). The molecule has 0 unspecified atom stereocenters. The van der Waals surface area contributed by atoms with Crippen LogP contribution in [0.3, 0.4) is 0 Å². The number of nitrogens with zero attached hydrogens (tertiary/aromatic N) is 2. The summed E-state index contributed by atoms with van der Waals surface area (Å²) in [5, 5.41) is 7.79. The molecule has 0 aliphatic heterocycles. The van der Waals surface area contributed by atoms with E-state index in [9.17, 15) is 0 Å². The van der Waals surface area contributed by atoms with E-state index in [1.54, 1.807) is 0 Å². The summed E-state index contributed by atoms with van der Waals surface area (Å²) in [6.45, 7) is 4.72. The van der Waals surface area contributed by atoms with Gasteiger partial charge in [-0.25, -0.2) is 0 Å². The fourth-order valence-corrected chi connectivity index (χ4v) is 11.9. The molecular formula is C61H42N2S. The van der Waals surface area contributed by atoms with Gasteiger partial charge in [0.2, 0.25) is 0 Å². The molecule has 1 aliphatic rings. The van der Waals surface area contributed by atoms with E-state index in [4.69, 9.17) is 0 Å². The fourth-order valence-electron chi connectivity index (χ4n) is 10.7. The molecule has 0 saturated carbocycles. The van der Waals surface area contributed by atoms with Crippen LogP contribution in [0.15, 0.2) is 218 Å². The molecule has 0 atom stereocenters. The Hall–Kier alpha value is -7.72. The van der Waals surface area contributed by atoms with Crippen LogP contribution >= 0.6 is 11.3 Å². The van der Waals surface area contributed by atoms with Gasteiger partial charge in [-0.15, -0.1) is 11.3 Å². The third-order valence-electron chi connectivity index (χ3n) is 13.8. The molecule has 0 radical (unpaired) electrons. The molecule has 64 heavy (non-hydrogen) atoms. The van der Waals surface area contributed by atoms with Crippen LogP contribution in [0.5, 0.6) is 0 Å². The Bertz CT molecular complexity index is 3760.